The summed E-state index contributed by atoms with van der Waals surface area (Å²) in [6.45, 7) is 2.69. The van der Waals surface area contributed by atoms with Crippen LogP contribution in [0, 0.1) is 0 Å². The number of carbonyl (C=O) groups is 1. The van der Waals surface area contributed by atoms with Gasteiger partial charge < -0.3 is 9.64 Å². The van der Waals surface area contributed by atoms with Crippen LogP contribution in [-0.4, -0.2) is 50.2 Å². The van der Waals surface area contributed by atoms with Crippen molar-refractivity contribution in [2.75, 3.05) is 18.9 Å². The minimum atomic E-state index is -3.36. The molecule has 1 N–H and O–H groups in total. The number of rotatable bonds is 4. The Kier molecular flexibility index (Phi) is 6.11. The van der Waals surface area contributed by atoms with E-state index >= 15 is 0 Å². The van der Waals surface area contributed by atoms with Crippen molar-refractivity contribution in [3.05, 3.63) is 54.1 Å². The number of fused-ring (bicyclic) bond motifs is 2. The first-order chi connectivity index (χ1) is 14.5. The van der Waals surface area contributed by atoms with Gasteiger partial charge in [0.25, 0.3) is 0 Å². The normalized spacial score (nSPS) is 22.2. The van der Waals surface area contributed by atoms with Gasteiger partial charge in [0.05, 0.1) is 18.4 Å². The van der Waals surface area contributed by atoms with Crippen LogP contribution in [-0.2, 0) is 21.2 Å². The van der Waals surface area contributed by atoms with E-state index in [0.29, 0.717) is 38.8 Å². The molecule has 30 heavy (non-hydrogen) atoms. The molecule has 0 saturated carbocycles. The average Bonchev–Trinajstić information content (AvgIpc) is 3.14. The number of benzene rings is 2. The highest BCUT2D eigenvalue weighted by atomic mass is 32.2. The minimum Gasteiger partial charge on any atom is -0.493 e. The lowest BCUT2D eigenvalue weighted by molar-refractivity contribution is -0.132. The van der Waals surface area contributed by atoms with Crippen LogP contribution in [0.25, 0.3) is 11.1 Å². The van der Waals surface area contributed by atoms with E-state index in [2.05, 4.69) is 22.9 Å². The summed E-state index contributed by atoms with van der Waals surface area (Å²) in [5.41, 5.74) is 3.10. The Morgan fingerprint density at radius 2 is 1.93 bits per heavy atom. The smallest absolute Gasteiger partial charge is 0.223 e. The van der Waals surface area contributed by atoms with E-state index in [1.165, 1.54) is 0 Å². The van der Waals surface area contributed by atoms with Crippen LogP contribution in [0.4, 0.5) is 0 Å². The third-order valence-corrected chi connectivity index (χ3v) is 7.39. The number of carbonyl (C=O) groups excluding carboxylic acids is 1. The van der Waals surface area contributed by atoms with Crippen molar-refractivity contribution < 1.29 is 17.9 Å². The van der Waals surface area contributed by atoms with Crippen LogP contribution in [0.1, 0.15) is 31.7 Å². The molecule has 1 amide bonds. The Bertz CT molecular complexity index is 1010. The van der Waals surface area contributed by atoms with E-state index in [1.54, 1.807) is 6.92 Å². The summed E-state index contributed by atoms with van der Waals surface area (Å²) in [4.78, 5) is 14.7. The predicted octanol–water partition coefficient (Wildman–Crippen LogP) is 2.98. The molecule has 0 radical (unpaired) electrons. The Morgan fingerprint density at radius 1 is 1.13 bits per heavy atom. The maximum Gasteiger partial charge on any atom is 0.223 e. The lowest BCUT2D eigenvalue weighted by Gasteiger charge is -2.31. The van der Waals surface area contributed by atoms with E-state index < -0.39 is 10.0 Å². The van der Waals surface area contributed by atoms with Crippen molar-refractivity contribution in [3.63, 3.8) is 0 Å². The van der Waals surface area contributed by atoms with Crippen molar-refractivity contribution >= 4 is 15.9 Å². The number of nitrogens with zero attached hydrogens (tertiary/aromatic N) is 1. The fourth-order valence-electron chi connectivity index (χ4n) is 4.39. The molecule has 6 nitrogen and oxygen atoms in total. The van der Waals surface area contributed by atoms with Gasteiger partial charge in [-0.2, -0.15) is 0 Å². The predicted molar refractivity (Wildman–Crippen MR) is 117 cm³/mol. The molecule has 2 aliphatic rings. The monoisotopic (exact) mass is 428 g/mol. The first-order valence-electron chi connectivity index (χ1n) is 10.6. The summed E-state index contributed by atoms with van der Waals surface area (Å²) in [5, 5.41) is 0. The zero-order chi connectivity index (χ0) is 21.1. The zero-order valence-corrected chi connectivity index (χ0v) is 18.0. The number of ether oxygens (including phenoxy) is 1. The molecule has 7 heteroatoms. The van der Waals surface area contributed by atoms with E-state index in [4.69, 9.17) is 4.74 Å². The van der Waals surface area contributed by atoms with E-state index in [1.807, 2.05) is 35.2 Å². The highest BCUT2D eigenvalue weighted by Crippen LogP contribution is 2.36. The van der Waals surface area contributed by atoms with Crippen molar-refractivity contribution in [2.45, 2.75) is 44.7 Å². The Labute approximate surface area is 178 Å². The summed E-state index contributed by atoms with van der Waals surface area (Å²) in [7, 11) is -3.36. The highest BCUT2D eigenvalue weighted by molar-refractivity contribution is 7.89. The fraction of sp³-hybridized carbons (Fsp3) is 0.435. The van der Waals surface area contributed by atoms with Gasteiger partial charge in [-0.05, 0) is 37.3 Å². The molecule has 2 heterocycles. The van der Waals surface area contributed by atoms with Gasteiger partial charge in [0.1, 0.15) is 5.75 Å². The SMILES string of the molecule is CCS(=O)(=O)NC1CCN2C(=O)CCCOc3c(cccc3-c3ccccc3)CC12. The number of hydrogen-bond acceptors (Lipinski definition) is 4. The fourth-order valence-corrected chi connectivity index (χ4v) is 5.30. The lowest BCUT2D eigenvalue weighted by atomic mass is 9.95. The second kappa shape index (κ2) is 8.78. The van der Waals surface area contributed by atoms with Gasteiger partial charge in [-0.15, -0.1) is 0 Å². The molecule has 2 aromatic rings. The largest absolute Gasteiger partial charge is 0.493 e. The average molecular weight is 429 g/mol. The summed E-state index contributed by atoms with van der Waals surface area (Å²) in [5.74, 6) is 0.939. The lowest BCUT2D eigenvalue weighted by Crippen LogP contribution is -2.48. The minimum absolute atomic E-state index is 0.0298. The van der Waals surface area contributed by atoms with Gasteiger partial charge in [0.15, 0.2) is 0 Å². The van der Waals surface area contributed by atoms with Crippen LogP contribution < -0.4 is 9.46 Å². The van der Waals surface area contributed by atoms with Crippen molar-refractivity contribution in [2.24, 2.45) is 0 Å². The number of amides is 1. The van der Waals surface area contributed by atoms with Crippen LogP contribution in [0.5, 0.6) is 5.75 Å². The van der Waals surface area contributed by atoms with E-state index in [9.17, 15) is 13.2 Å². The maximum absolute atomic E-state index is 12.8. The molecule has 2 unspecified atom stereocenters. The van der Waals surface area contributed by atoms with Crippen LogP contribution in [0.15, 0.2) is 48.5 Å². The molecule has 1 saturated heterocycles. The third-order valence-electron chi connectivity index (χ3n) is 5.97. The van der Waals surface area contributed by atoms with Gasteiger partial charge in [0, 0.05) is 24.6 Å². The number of hydrogen-bond donors (Lipinski definition) is 1. The van der Waals surface area contributed by atoms with Gasteiger partial charge in [-0.1, -0.05) is 48.5 Å². The molecule has 0 spiro atoms. The van der Waals surface area contributed by atoms with E-state index in [0.717, 1.165) is 22.4 Å². The van der Waals surface area contributed by atoms with Crippen LogP contribution >= 0.6 is 0 Å². The Hall–Kier alpha value is -2.38. The number of nitrogens with one attached hydrogen (secondary N) is 1. The van der Waals surface area contributed by atoms with Gasteiger partial charge in [-0.3, -0.25) is 4.79 Å². The molecular formula is C23H28N2O4S. The summed E-state index contributed by atoms with van der Waals surface area (Å²) >= 11 is 0. The van der Waals surface area contributed by atoms with Crippen molar-refractivity contribution in [1.29, 1.82) is 0 Å². The van der Waals surface area contributed by atoms with Gasteiger partial charge in [-0.25, -0.2) is 13.1 Å². The quantitative estimate of drug-likeness (QED) is 0.812. The first kappa shape index (κ1) is 20.9. The van der Waals surface area contributed by atoms with Crippen molar-refractivity contribution in [1.82, 2.24) is 9.62 Å². The topological polar surface area (TPSA) is 75.7 Å². The van der Waals surface area contributed by atoms with Crippen LogP contribution in [0.3, 0.4) is 0 Å². The summed E-state index contributed by atoms with van der Waals surface area (Å²) < 4.78 is 33.5. The maximum atomic E-state index is 12.8. The molecule has 0 bridgehead atoms. The van der Waals surface area contributed by atoms with Crippen LogP contribution in [0.2, 0.25) is 0 Å². The standard InChI is InChI=1S/C23H28N2O4S/c1-2-30(27,28)24-20-13-14-25-21(20)16-18-10-6-11-19(17-8-4-3-5-9-17)23(18)29-15-7-12-22(25)26/h3-6,8-11,20-21,24H,2,7,12-16H2,1H3. The molecule has 4 rings (SSSR count). The number of para-hydroxylation sites is 1. The second-order valence-corrected chi connectivity index (χ2v) is 9.93. The molecule has 0 aromatic heterocycles. The Balaban J connectivity index is 1.73. The Morgan fingerprint density at radius 3 is 2.70 bits per heavy atom. The first-order valence-corrected chi connectivity index (χ1v) is 12.2. The molecule has 0 aliphatic carbocycles. The molecule has 2 aliphatic heterocycles. The molecule has 1 fully saturated rings. The number of sulfonamides is 1. The molecule has 2 atom stereocenters. The summed E-state index contributed by atoms with van der Waals surface area (Å²) in [6, 6.07) is 15.7. The molecule has 2 aromatic carbocycles. The highest BCUT2D eigenvalue weighted by Gasteiger charge is 2.39. The molecule has 160 valence electrons. The van der Waals surface area contributed by atoms with Gasteiger partial charge in [0.2, 0.25) is 15.9 Å². The second-order valence-electron chi connectivity index (χ2n) is 7.89. The third kappa shape index (κ3) is 4.37. The molecular weight excluding hydrogens is 400 g/mol. The zero-order valence-electron chi connectivity index (χ0n) is 17.2. The summed E-state index contributed by atoms with van der Waals surface area (Å²) in [6.07, 6.45) is 2.23. The van der Waals surface area contributed by atoms with E-state index in [-0.39, 0.29) is 23.7 Å². The van der Waals surface area contributed by atoms with Crippen molar-refractivity contribution in [3.8, 4) is 16.9 Å². The van der Waals surface area contributed by atoms with Gasteiger partial charge >= 0.3 is 0 Å².